The molecule has 2 aliphatic heterocycles. The van der Waals surface area contributed by atoms with Crippen LogP contribution in [0, 0.1) is 0 Å². The molecule has 120 valence electrons. The summed E-state index contributed by atoms with van der Waals surface area (Å²) >= 11 is 0. The van der Waals surface area contributed by atoms with Gasteiger partial charge in [-0.25, -0.2) is 0 Å². The molecular weight excluding hydrogens is 272 g/mol. The standard InChI is InChI=1S/C19H28N2O/c1-3-4-12-21(19(22)15-8-6-5-7-9-15)18-13-16-10-11-17(14-18)20(16)2/h5-9,16-18H,3-4,10-14H2,1-2H3/p+1/t16-,17+,18?. The molecule has 2 saturated heterocycles. The van der Waals surface area contributed by atoms with E-state index < -0.39 is 0 Å². The molecule has 0 spiro atoms. The van der Waals surface area contributed by atoms with Crippen LogP contribution in [0.25, 0.3) is 0 Å². The van der Waals surface area contributed by atoms with E-state index in [9.17, 15) is 4.79 Å². The zero-order valence-corrected chi connectivity index (χ0v) is 13.9. The molecular formula is C19H29N2O+. The van der Waals surface area contributed by atoms with Gasteiger partial charge < -0.3 is 9.80 Å². The number of benzene rings is 1. The van der Waals surface area contributed by atoms with Gasteiger partial charge >= 0.3 is 0 Å². The largest absolute Gasteiger partial charge is 0.335 e. The van der Waals surface area contributed by atoms with Gasteiger partial charge in [-0.2, -0.15) is 0 Å². The molecule has 2 aliphatic rings. The van der Waals surface area contributed by atoms with Crippen LogP contribution in [0.1, 0.15) is 55.8 Å². The number of carbonyl (C=O) groups is 1. The van der Waals surface area contributed by atoms with Gasteiger partial charge in [0.25, 0.3) is 5.91 Å². The molecule has 3 rings (SSSR count). The summed E-state index contributed by atoms with van der Waals surface area (Å²) in [5.74, 6) is 0.234. The average Bonchev–Trinajstić information content (AvgIpc) is 2.77. The van der Waals surface area contributed by atoms with E-state index in [1.165, 1.54) is 25.7 Å². The molecule has 22 heavy (non-hydrogen) atoms. The van der Waals surface area contributed by atoms with E-state index in [4.69, 9.17) is 0 Å². The second-order valence-electron chi connectivity index (χ2n) is 7.06. The molecule has 1 N–H and O–H groups in total. The van der Waals surface area contributed by atoms with Gasteiger partial charge in [0, 0.05) is 43.8 Å². The lowest BCUT2D eigenvalue weighted by molar-refractivity contribution is -0.922. The number of fused-ring (bicyclic) bond motifs is 2. The predicted molar refractivity (Wildman–Crippen MR) is 89.1 cm³/mol. The van der Waals surface area contributed by atoms with Crippen molar-refractivity contribution in [2.24, 2.45) is 0 Å². The average molecular weight is 301 g/mol. The molecule has 4 atom stereocenters. The molecule has 2 fully saturated rings. The van der Waals surface area contributed by atoms with E-state index in [0.29, 0.717) is 6.04 Å². The van der Waals surface area contributed by atoms with E-state index in [2.05, 4.69) is 18.9 Å². The number of quaternary nitrogens is 1. The predicted octanol–water partition coefficient (Wildman–Crippen LogP) is 2.14. The van der Waals surface area contributed by atoms with Crippen molar-refractivity contribution >= 4 is 5.91 Å². The zero-order chi connectivity index (χ0) is 15.5. The van der Waals surface area contributed by atoms with E-state index in [1.54, 1.807) is 4.90 Å². The number of rotatable bonds is 5. The highest BCUT2D eigenvalue weighted by atomic mass is 16.2. The summed E-state index contributed by atoms with van der Waals surface area (Å²) in [6.45, 7) is 3.11. The van der Waals surface area contributed by atoms with E-state index >= 15 is 0 Å². The van der Waals surface area contributed by atoms with Crippen molar-refractivity contribution in [2.75, 3.05) is 13.6 Å². The van der Waals surface area contributed by atoms with Crippen LogP contribution in [0.5, 0.6) is 0 Å². The lowest BCUT2D eigenvalue weighted by atomic mass is 9.95. The Bertz CT molecular complexity index is 487. The Kier molecular flexibility index (Phi) is 4.82. The van der Waals surface area contributed by atoms with Crippen molar-refractivity contribution in [1.29, 1.82) is 0 Å². The molecule has 2 bridgehead atoms. The first-order valence-electron chi connectivity index (χ1n) is 8.90. The zero-order valence-electron chi connectivity index (χ0n) is 13.9. The highest BCUT2D eigenvalue weighted by molar-refractivity contribution is 5.94. The normalized spacial score (nSPS) is 30.3. The molecule has 2 heterocycles. The fourth-order valence-corrected chi connectivity index (χ4v) is 4.33. The molecule has 0 aromatic heterocycles. The van der Waals surface area contributed by atoms with Crippen LogP contribution in [-0.4, -0.2) is 42.5 Å². The van der Waals surface area contributed by atoms with Gasteiger partial charge in [0.15, 0.2) is 0 Å². The molecule has 3 heteroatoms. The highest BCUT2D eigenvalue weighted by Crippen LogP contribution is 2.27. The van der Waals surface area contributed by atoms with Crippen LogP contribution in [0.2, 0.25) is 0 Å². The van der Waals surface area contributed by atoms with Gasteiger partial charge in [0.05, 0.1) is 19.1 Å². The van der Waals surface area contributed by atoms with E-state index in [1.807, 2.05) is 30.3 Å². The minimum atomic E-state index is 0.234. The fraction of sp³-hybridized carbons (Fsp3) is 0.632. The van der Waals surface area contributed by atoms with Gasteiger partial charge in [-0.3, -0.25) is 4.79 Å². The smallest absolute Gasteiger partial charge is 0.254 e. The Balaban J connectivity index is 1.77. The molecule has 2 unspecified atom stereocenters. The van der Waals surface area contributed by atoms with Gasteiger partial charge in [-0.15, -0.1) is 0 Å². The minimum absolute atomic E-state index is 0.234. The Morgan fingerprint density at radius 3 is 2.41 bits per heavy atom. The summed E-state index contributed by atoms with van der Waals surface area (Å²) in [6, 6.07) is 11.8. The third kappa shape index (κ3) is 3.05. The Labute approximate surface area is 134 Å². The molecule has 3 nitrogen and oxygen atoms in total. The molecule has 1 aromatic rings. The molecule has 0 saturated carbocycles. The first-order valence-corrected chi connectivity index (χ1v) is 8.90. The van der Waals surface area contributed by atoms with Crippen molar-refractivity contribution in [3.8, 4) is 0 Å². The number of hydrogen-bond acceptors (Lipinski definition) is 1. The molecule has 1 amide bonds. The Morgan fingerprint density at radius 1 is 1.18 bits per heavy atom. The van der Waals surface area contributed by atoms with Gasteiger partial charge in [-0.1, -0.05) is 31.5 Å². The maximum absolute atomic E-state index is 13.0. The number of amides is 1. The molecule has 0 aliphatic carbocycles. The fourth-order valence-electron chi connectivity index (χ4n) is 4.33. The van der Waals surface area contributed by atoms with E-state index in [0.717, 1.165) is 37.0 Å². The highest BCUT2D eigenvalue weighted by Gasteiger charge is 2.44. The van der Waals surface area contributed by atoms with Crippen molar-refractivity contribution < 1.29 is 9.69 Å². The third-order valence-corrected chi connectivity index (χ3v) is 5.74. The summed E-state index contributed by atoms with van der Waals surface area (Å²) < 4.78 is 0. The summed E-state index contributed by atoms with van der Waals surface area (Å²) in [7, 11) is 2.34. The van der Waals surface area contributed by atoms with Crippen LogP contribution >= 0.6 is 0 Å². The van der Waals surface area contributed by atoms with Crippen LogP contribution in [0.4, 0.5) is 0 Å². The number of unbranched alkanes of at least 4 members (excludes halogenated alkanes) is 1. The topological polar surface area (TPSA) is 24.8 Å². The summed E-state index contributed by atoms with van der Waals surface area (Å²) in [5.41, 5.74) is 0.845. The maximum Gasteiger partial charge on any atom is 0.254 e. The Morgan fingerprint density at radius 2 is 1.82 bits per heavy atom. The van der Waals surface area contributed by atoms with Crippen molar-refractivity contribution in [2.45, 2.75) is 63.6 Å². The SMILES string of the molecule is CCCCN(C(=O)c1ccccc1)C1C[C@H]2CC[C@@H](C1)[NH+]2C. The number of nitrogens with one attached hydrogen (secondary N) is 1. The second kappa shape index (κ2) is 6.82. The lowest BCUT2D eigenvalue weighted by Crippen LogP contribution is -3.15. The monoisotopic (exact) mass is 301 g/mol. The Hall–Kier alpha value is -1.35. The van der Waals surface area contributed by atoms with Crippen LogP contribution < -0.4 is 4.90 Å². The van der Waals surface area contributed by atoms with Crippen molar-refractivity contribution in [1.82, 2.24) is 4.90 Å². The second-order valence-corrected chi connectivity index (χ2v) is 7.06. The summed E-state index contributed by atoms with van der Waals surface area (Å²) in [6.07, 6.45) is 7.30. The number of carbonyl (C=O) groups excluding carboxylic acids is 1. The molecule has 1 aromatic carbocycles. The van der Waals surface area contributed by atoms with Crippen LogP contribution in [0.3, 0.4) is 0 Å². The van der Waals surface area contributed by atoms with Crippen LogP contribution in [-0.2, 0) is 0 Å². The van der Waals surface area contributed by atoms with Gasteiger partial charge in [-0.05, 0) is 18.6 Å². The van der Waals surface area contributed by atoms with Crippen molar-refractivity contribution in [3.63, 3.8) is 0 Å². The first kappa shape index (κ1) is 15.5. The van der Waals surface area contributed by atoms with E-state index in [-0.39, 0.29) is 5.91 Å². The first-order chi connectivity index (χ1) is 10.7. The summed E-state index contributed by atoms with van der Waals surface area (Å²) in [5, 5.41) is 0. The van der Waals surface area contributed by atoms with Crippen molar-refractivity contribution in [3.05, 3.63) is 35.9 Å². The number of piperidine rings is 1. The number of hydrogen-bond donors (Lipinski definition) is 1. The lowest BCUT2D eigenvalue weighted by Gasteiger charge is -2.40. The third-order valence-electron chi connectivity index (χ3n) is 5.74. The van der Waals surface area contributed by atoms with Gasteiger partial charge in [0.2, 0.25) is 0 Å². The maximum atomic E-state index is 13.0. The van der Waals surface area contributed by atoms with Gasteiger partial charge in [0.1, 0.15) is 0 Å². The summed E-state index contributed by atoms with van der Waals surface area (Å²) in [4.78, 5) is 16.9. The minimum Gasteiger partial charge on any atom is -0.335 e. The quantitative estimate of drug-likeness (QED) is 0.885. The number of nitrogens with zero attached hydrogens (tertiary/aromatic N) is 1. The molecule has 0 radical (unpaired) electrons. The van der Waals surface area contributed by atoms with Crippen LogP contribution in [0.15, 0.2) is 30.3 Å².